The van der Waals surface area contributed by atoms with Crippen LogP contribution in [0.3, 0.4) is 0 Å². The first-order chi connectivity index (χ1) is 17.3. The SMILES string of the molecule is CNCCCN1C(COC)=CCC(C)(C)[C@@H]1c1nc(-c2cccc(F)c2)cn1Cc1cccc(F)c1. The van der Waals surface area contributed by atoms with Crippen molar-refractivity contribution >= 4 is 0 Å². The van der Waals surface area contributed by atoms with Gasteiger partial charge in [0.05, 0.1) is 18.3 Å². The van der Waals surface area contributed by atoms with Gasteiger partial charge in [-0.2, -0.15) is 0 Å². The van der Waals surface area contributed by atoms with Crippen LogP contribution < -0.4 is 5.32 Å². The first-order valence-corrected chi connectivity index (χ1v) is 12.5. The summed E-state index contributed by atoms with van der Waals surface area (Å²) in [6.45, 7) is 7.24. The Morgan fingerprint density at radius 3 is 2.56 bits per heavy atom. The maximum atomic E-state index is 14.1. The van der Waals surface area contributed by atoms with E-state index in [0.29, 0.717) is 18.8 Å². The smallest absolute Gasteiger partial charge is 0.133 e. The first kappa shape index (κ1) is 26.0. The van der Waals surface area contributed by atoms with E-state index in [4.69, 9.17) is 9.72 Å². The number of benzene rings is 2. The summed E-state index contributed by atoms with van der Waals surface area (Å²) in [6, 6.07) is 13.1. The van der Waals surface area contributed by atoms with Crippen LogP contribution in [0.15, 0.2) is 66.5 Å². The second-order valence-electron chi connectivity index (χ2n) is 10.1. The molecule has 0 spiro atoms. The second-order valence-corrected chi connectivity index (χ2v) is 10.1. The zero-order valence-corrected chi connectivity index (χ0v) is 21.6. The van der Waals surface area contributed by atoms with E-state index in [1.165, 1.54) is 18.2 Å². The van der Waals surface area contributed by atoms with E-state index in [1.807, 2.05) is 25.4 Å². The lowest BCUT2D eigenvalue weighted by molar-refractivity contribution is 0.0695. The normalized spacial score (nSPS) is 17.3. The van der Waals surface area contributed by atoms with Crippen molar-refractivity contribution in [3.8, 4) is 11.3 Å². The molecular formula is C29H36F2N4O. The van der Waals surface area contributed by atoms with Gasteiger partial charge in [-0.3, -0.25) is 0 Å². The highest BCUT2D eigenvalue weighted by molar-refractivity contribution is 5.59. The van der Waals surface area contributed by atoms with E-state index in [2.05, 4.69) is 34.7 Å². The number of halogens is 2. The van der Waals surface area contributed by atoms with Crippen LogP contribution in [0.4, 0.5) is 8.78 Å². The molecule has 4 rings (SSSR count). The van der Waals surface area contributed by atoms with Gasteiger partial charge in [-0.05, 0) is 61.7 Å². The monoisotopic (exact) mass is 494 g/mol. The molecule has 1 aromatic heterocycles. The molecule has 5 nitrogen and oxygen atoms in total. The van der Waals surface area contributed by atoms with Gasteiger partial charge in [0, 0.05) is 37.7 Å². The third kappa shape index (κ3) is 5.85. The molecule has 0 saturated heterocycles. The average Bonchev–Trinajstić information content (AvgIpc) is 3.24. The van der Waals surface area contributed by atoms with Gasteiger partial charge in [0.15, 0.2) is 0 Å². The number of nitrogens with zero attached hydrogens (tertiary/aromatic N) is 3. The predicted octanol–water partition coefficient (Wildman–Crippen LogP) is 5.79. The minimum Gasteiger partial charge on any atom is -0.379 e. The van der Waals surface area contributed by atoms with Crippen LogP contribution in [0.5, 0.6) is 0 Å². The molecule has 7 heteroatoms. The van der Waals surface area contributed by atoms with Crippen molar-refractivity contribution in [3.63, 3.8) is 0 Å². The molecule has 1 aliphatic rings. The number of methoxy groups -OCH3 is 1. The molecule has 0 radical (unpaired) electrons. The molecule has 0 fully saturated rings. The Morgan fingerprint density at radius 2 is 1.86 bits per heavy atom. The maximum Gasteiger partial charge on any atom is 0.133 e. The molecule has 2 aromatic carbocycles. The summed E-state index contributed by atoms with van der Waals surface area (Å²) in [7, 11) is 3.68. The Kier molecular flexibility index (Phi) is 8.21. The molecule has 0 saturated carbocycles. The molecular weight excluding hydrogens is 458 g/mol. The van der Waals surface area contributed by atoms with E-state index < -0.39 is 0 Å². The third-order valence-electron chi connectivity index (χ3n) is 6.82. The lowest BCUT2D eigenvalue weighted by Crippen LogP contribution is -2.44. The lowest BCUT2D eigenvalue weighted by Gasteiger charge is -2.47. The topological polar surface area (TPSA) is 42.3 Å². The fourth-order valence-electron chi connectivity index (χ4n) is 5.07. The zero-order chi connectivity index (χ0) is 25.7. The minimum absolute atomic E-state index is 0.0413. The van der Waals surface area contributed by atoms with Crippen molar-refractivity contribution < 1.29 is 13.5 Å². The number of nitrogens with one attached hydrogen (secondary N) is 1. The molecule has 3 aromatic rings. The number of imidazole rings is 1. The van der Waals surface area contributed by atoms with Crippen LogP contribution in [-0.4, -0.2) is 48.3 Å². The van der Waals surface area contributed by atoms with E-state index in [1.54, 1.807) is 25.3 Å². The fraction of sp³-hybridized carbons (Fsp3) is 0.414. The number of rotatable bonds is 10. The van der Waals surface area contributed by atoms with Gasteiger partial charge >= 0.3 is 0 Å². The van der Waals surface area contributed by atoms with Crippen molar-refractivity contribution in [1.29, 1.82) is 0 Å². The number of hydrogen-bond acceptors (Lipinski definition) is 4. The van der Waals surface area contributed by atoms with Gasteiger partial charge in [-0.25, -0.2) is 13.8 Å². The van der Waals surface area contributed by atoms with Gasteiger partial charge in [0.1, 0.15) is 17.5 Å². The predicted molar refractivity (Wildman–Crippen MR) is 139 cm³/mol. The van der Waals surface area contributed by atoms with Crippen LogP contribution in [0.1, 0.15) is 44.1 Å². The van der Waals surface area contributed by atoms with Crippen molar-refractivity contribution in [1.82, 2.24) is 19.8 Å². The van der Waals surface area contributed by atoms with E-state index in [9.17, 15) is 8.78 Å². The van der Waals surface area contributed by atoms with Gasteiger partial charge < -0.3 is 19.5 Å². The van der Waals surface area contributed by atoms with Crippen molar-refractivity contribution in [2.45, 2.75) is 39.3 Å². The molecule has 0 amide bonds. The molecule has 0 aliphatic carbocycles. The Balaban J connectivity index is 1.83. The fourth-order valence-corrected chi connectivity index (χ4v) is 5.07. The molecule has 1 aliphatic heterocycles. The first-order valence-electron chi connectivity index (χ1n) is 12.5. The number of aromatic nitrogens is 2. The van der Waals surface area contributed by atoms with Crippen LogP contribution in [-0.2, 0) is 11.3 Å². The zero-order valence-electron chi connectivity index (χ0n) is 21.6. The second kappa shape index (κ2) is 11.4. The Labute approximate surface area is 212 Å². The lowest BCUT2D eigenvalue weighted by atomic mass is 9.76. The number of hydrogen-bond donors (Lipinski definition) is 1. The molecule has 0 bridgehead atoms. The Bertz CT molecular complexity index is 1200. The third-order valence-corrected chi connectivity index (χ3v) is 6.82. The van der Waals surface area contributed by atoms with Crippen LogP contribution in [0.25, 0.3) is 11.3 Å². The molecule has 192 valence electrons. The Morgan fingerprint density at radius 1 is 1.11 bits per heavy atom. The highest BCUT2D eigenvalue weighted by Crippen LogP contribution is 2.46. The molecule has 36 heavy (non-hydrogen) atoms. The minimum atomic E-state index is -0.300. The summed E-state index contributed by atoms with van der Waals surface area (Å²) in [5.41, 5.74) is 3.29. The maximum absolute atomic E-state index is 14.1. The van der Waals surface area contributed by atoms with Crippen molar-refractivity contribution in [2.75, 3.05) is 33.9 Å². The van der Waals surface area contributed by atoms with Gasteiger partial charge in [-0.1, -0.05) is 44.2 Å². The Hall–Kier alpha value is -3.03. The molecule has 1 N–H and O–H groups in total. The van der Waals surface area contributed by atoms with Crippen molar-refractivity contribution in [3.05, 3.63) is 89.5 Å². The molecule has 1 atom stereocenters. The molecule has 0 unspecified atom stereocenters. The quantitative estimate of drug-likeness (QED) is 0.362. The highest BCUT2D eigenvalue weighted by atomic mass is 19.1. The van der Waals surface area contributed by atoms with E-state index in [-0.39, 0.29) is 23.1 Å². The molecule has 2 heterocycles. The summed E-state index contributed by atoms with van der Waals surface area (Å²) >= 11 is 0. The van der Waals surface area contributed by atoms with Crippen LogP contribution in [0.2, 0.25) is 0 Å². The highest BCUT2D eigenvalue weighted by Gasteiger charge is 2.41. The summed E-state index contributed by atoms with van der Waals surface area (Å²) in [5, 5.41) is 3.24. The van der Waals surface area contributed by atoms with Crippen molar-refractivity contribution in [2.24, 2.45) is 5.41 Å². The summed E-state index contributed by atoms with van der Waals surface area (Å²) in [6.07, 6.45) is 6.07. The van der Waals surface area contributed by atoms with Crippen LogP contribution in [0, 0.1) is 17.0 Å². The number of ether oxygens (including phenoxy) is 1. The van der Waals surface area contributed by atoms with E-state index >= 15 is 0 Å². The van der Waals surface area contributed by atoms with Crippen LogP contribution >= 0.6 is 0 Å². The van der Waals surface area contributed by atoms with Gasteiger partial charge in [0.2, 0.25) is 0 Å². The summed E-state index contributed by atoms with van der Waals surface area (Å²) in [5.74, 6) is 0.317. The number of allylic oxidation sites excluding steroid dienone is 1. The largest absolute Gasteiger partial charge is 0.379 e. The average molecular weight is 495 g/mol. The summed E-state index contributed by atoms with van der Waals surface area (Å²) in [4.78, 5) is 7.52. The van der Waals surface area contributed by atoms with E-state index in [0.717, 1.165) is 48.6 Å². The van der Waals surface area contributed by atoms with Gasteiger partial charge in [0.25, 0.3) is 0 Å². The summed E-state index contributed by atoms with van der Waals surface area (Å²) < 4.78 is 35.8. The standard InChI is InChI=1S/C29H36F2N4O/c1-29(2)13-12-25(20-36-4)35(15-7-14-32-3)27(29)28-33-26(22-9-6-11-24(31)17-22)19-34(28)18-21-8-5-10-23(30)16-21/h5-6,8-12,16-17,19,27,32H,7,13-15,18,20H2,1-4H3/t27-/m0/s1. The van der Waals surface area contributed by atoms with Gasteiger partial charge in [-0.15, -0.1) is 0 Å².